The molecule has 1 aromatic carbocycles. The molecule has 3 heterocycles. The summed E-state index contributed by atoms with van der Waals surface area (Å²) in [7, 11) is 0. The van der Waals surface area contributed by atoms with E-state index in [1.807, 2.05) is 41.8 Å². The minimum atomic E-state index is 0.759. The normalized spacial score (nSPS) is 14.5. The molecule has 3 aromatic rings. The molecule has 1 aliphatic heterocycles. The second kappa shape index (κ2) is 6.58. The lowest BCUT2D eigenvalue weighted by atomic mass is 10.1. The van der Waals surface area contributed by atoms with Crippen LogP contribution in [0.2, 0.25) is 0 Å². The summed E-state index contributed by atoms with van der Waals surface area (Å²) in [6.07, 6.45) is 3.01. The lowest BCUT2D eigenvalue weighted by molar-refractivity contribution is 0.243. The molecule has 0 spiro atoms. The minimum absolute atomic E-state index is 0.759. The first-order chi connectivity index (χ1) is 12.1. The van der Waals surface area contributed by atoms with Crippen molar-refractivity contribution in [3.63, 3.8) is 0 Å². The Morgan fingerprint density at radius 3 is 2.72 bits per heavy atom. The van der Waals surface area contributed by atoms with Gasteiger partial charge in [-0.3, -0.25) is 4.90 Å². The first-order valence-electron chi connectivity index (χ1n) is 8.57. The molecule has 0 aliphatic carbocycles. The Labute approximate surface area is 152 Å². The van der Waals surface area contributed by atoms with Gasteiger partial charge in [0.05, 0.1) is 5.69 Å². The van der Waals surface area contributed by atoms with Crippen molar-refractivity contribution in [1.29, 1.82) is 0 Å². The number of fused-ring (bicyclic) bond motifs is 1. The van der Waals surface area contributed by atoms with Gasteiger partial charge in [-0.25, -0.2) is 9.97 Å². The third-order valence-electron chi connectivity index (χ3n) is 4.79. The molecule has 4 nitrogen and oxygen atoms in total. The highest BCUT2D eigenvalue weighted by molar-refractivity contribution is 7.12. The van der Waals surface area contributed by atoms with Crippen LogP contribution in [0.5, 0.6) is 0 Å². The van der Waals surface area contributed by atoms with E-state index in [1.54, 1.807) is 0 Å². The van der Waals surface area contributed by atoms with Crippen LogP contribution in [0, 0.1) is 13.8 Å². The van der Waals surface area contributed by atoms with Crippen LogP contribution in [0.3, 0.4) is 0 Å². The van der Waals surface area contributed by atoms with Crippen molar-refractivity contribution in [2.75, 3.05) is 12.3 Å². The second-order valence-electron chi connectivity index (χ2n) is 6.70. The maximum absolute atomic E-state index is 5.77. The van der Waals surface area contributed by atoms with Gasteiger partial charge in [0.2, 0.25) is 0 Å². The van der Waals surface area contributed by atoms with Gasteiger partial charge in [0.15, 0.2) is 5.82 Å². The number of hydrogen-bond donors (Lipinski definition) is 1. The Hall–Kier alpha value is -2.24. The highest BCUT2D eigenvalue weighted by Crippen LogP contribution is 2.26. The zero-order valence-corrected chi connectivity index (χ0v) is 15.4. The zero-order valence-electron chi connectivity index (χ0n) is 14.6. The molecule has 2 aromatic heterocycles. The average Bonchev–Trinajstić information content (AvgIpc) is 2.92. The molecule has 0 amide bonds. The number of nitrogens with two attached hydrogens (primary N) is 1. The first kappa shape index (κ1) is 16.2. The molecular weight excluding hydrogens is 328 g/mol. The number of nitrogen functional groups attached to an aromatic ring is 1. The molecule has 0 unspecified atom stereocenters. The summed E-state index contributed by atoms with van der Waals surface area (Å²) in [6, 6.07) is 10.1. The molecule has 0 saturated heterocycles. The predicted octanol–water partition coefficient (Wildman–Crippen LogP) is 3.96. The molecule has 4 rings (SSSR count). The van der Waals surface area contributed by atoms with Crippen LogP contribution < -0.4 is 5.73 Å². The fourth-order valence-electron chi connectivity index (χ4n) is 3.21. The van der Waals surface area contributed by atoms with E-state index in [4.69, 9.17) is 10.7 Å². The van der Waals surface area contributed by atoms with E-state index in [9.17, 15) is 0 Å². The molecule has 0 fully saturated rings. The number of thiophene rings is 1. The number of anilines is 1. The molecule has 0 radical (unpaired) electrons. The number of nitrogens with zero attached hydrogens (tertiary/aromatic N) is 3. The molecular formula is C20H22N4S. The van der Waals surface area contributed by atoms with Crippen molar-refractivity contribution in [2.24, 2.45) is 0 Å². The summed E-state index contributed by atoms with van der Waals surface area (Å²) < 4.78 is 0. The molecule has 0 saturated carbocycles. The molecule has 25 heavy (non-hydrogen) atoms. The van der Waals surface area contributed by atoms with Crippen molar-refractivity contribution in [3.8, 4) is 11.4 Å². The summed E-state index contributed by atoms with van der Waals surface area (Å²) in [5, 5.41) is 0. The third kappa shape index (κ3) is 3.43. The van der Waals surface area contributed by atoms with Crippen LogP contribution in [-0.4, -0.2) is 21.4 Å². The maximum atomic E-state index is 5.77. The van der Waals surface area contributed by atoms with Crippen LogP contribution >= 0.6 is 11.3 Å². The fraction of sp³-hybridized carbons (Fsp3) is 0.300. The molecule has 1 aliphatic rings. The largest absolute Gasteiger partial charge is 0.399 e. The molecule has 128 valence electrons. The third-order valence-corrected chi connectivity index (χ3v) is 5.93. The molecule has 2 N–H and O–H groups in total. The van der Waals surface area contributed by atoms with Crippen molar-refractivity contribution < 1.29 is 0 Å². The second-order valence-corrected chi connectivity index (χ2v) is 8.04. The van der Waals surface area contributed by atoms with Gasteiger partial charge >= 0.3 is 0 Å². The van der Waals surface area contributed by atoms with Gasteiger partial charge in [0.1, 0.15) is 0 Å². The van der Waals surface area contributed by atoms with E-state index in [1.165, 1.54) is 20.9 Å². The van der Waals surface area contributed by atoms with E-state index in [0.29, 0.717) is 0 Å². The van der Waals surface area contributed by atoms with Gasteiger partial charge in [-0.1, -0.05) is 0 Å². The van der Waals surface area contributed by atoms with Crippen LogP contribution in [0.1, 0.15) is 26.6 Å². The van der Waals surface area contributed by atoms with Crippen molar-refractivity contribution in [2.45, 2.75) is 33.4 Å². The van der Waals surface area contributed by atoms with Crippen LogP contribution in [0.15, 0.2) is 36.5 Å². The van der Waals surface area contributed by atoms with E-state index in [2.05, 4.69) is 29.8 Å². The lowest BCUT2D eigenvalue weighted by Gasteiger charge is -2.27. The average molecular weight is 350 g/mol. The number of aryl methyl sites for hydroxylation is 2. The number of benzene rings is 1. The van der Waals surface area contributed by atoms with Crippen LogP contribution in [-0.2, 0) is 19.5 Å². The fourth-order valence-corrected chi connectivity index (χ4v) is 4.31. The summed E-state index contributed by atoms with van der Waals surface area (Å²) >= 11 is 1.90. The molecule has 5 heteroatoms. The SMILES string of the molecule is Cc1cc(CN2CCc3cnc(-c4ccc(N)cc4)nc3C2)sc1C. The molecule has 0 atom stereocenters. The monoisotopic (exact) mass is 350 g/mol. The summed E-state index contributed by atoms with van der Waals surface area (Å²) in [5.74, 6) is 0.781. The van der Waals surface area contributed by atoms with Crippen molar-refractivity contribution in [1.82, 2.24) is 14.9 Å². The lowest BCUT2D eigenvalue weighted by Crippen LogP contribution is -2.30. The zero-order chi connectivity index (χ0) is 17.4. The number of rotatable bonds is 3. The topological polar surface area (TPSA) is 55.0 Å². The molecule has 0 bridgehead atoms. The Bertz CT molecular complexity index is 879. The predicted molar refractivity (Wildman–Crippen MR) is 103 cm³/mol. The van der Waals surface area contributed by atoms with Gasteiger partial charge in [0, 0.05) is 46.8 Å². The Morgan fingerprint density at radius 1 is 1.20 bits per heavy atom. The summed E-state index contributed by atoms with van der Waals surface area (Å²) in [6.45, 7) is 7.33. The van der Waals surface area contributed by atoms with Gasteiger partial charge in [-0.2, -0.15) is 0 Å². The van der Waals surface area contributed by atoms with E-state index in [0.717, 1.165) is 48.8 Å². The van der Waals surface area contributed by atoms with Crippen LogP contribution in [0.25, 0.3) is 11.4 Å². The summed E-state index contributed by atoms with van der Waals surface area (Å²) in [5.41, 5.74) is 11.4. The quantitative estimate of drug-likeness (QED) is 0.727. The van der Waals surface area contributed by atoms with Gasteiger partial charge in [0.25, 0.3) is 0 Å². The van der Waals surface area contributed by atoms with Gasteiger partial charge in [-0.15, -0.1) is 11.3 Å². The minimum Gasteiger partial charge on any atom is -0.399 e. The number of hydrogen-bond acceptors (Lipinski definition) is 5. The first-order valence-corrected chi connectivity index (χ1v) is 9.39. The Morgan fingerprint density at radius 2 is 2.00 bits per heavy atom. The smallest absolute Gasteiger partial charge is 0.159 e. The van der Waals surface area contributed by atoms with Gasteiger partial charge < -0.3 is 5.73 Å². The van der Waals surface area contributed by atoms with E-state index in [-0.39, 0.29) is 0 Å². The highest BCUT2D eigenvalue weighted by atomic mass is 32.1. The standard InChI is InChI=1S/C20H22N4S/c1-13-9-18(25-14(13)2)11-24-8-7-16-10-22-20(23-19(16)12-24)15-3-5-17(21)6-4-15/h3-6,9-10H,7-8,11-12,21H2,1-2H3. The highest BCUT2D eigenvalue weighted by Gasteiger charge is 2.19. The van der Waals surface area contributed by atoms with Crippen molar-refractivity contribution in [3.05, 3.63) is 63.1 Å². The van der Waals surface area contributed by atoms with Crippen molar-refractivity contribution >= 4 is 17.0 Å². The van der Waals surface area contributed by atoms with Gasteiger partial charge in [-0.05, 0) is 61.7 Å². The number of aromatic nitrogens is 2. The Balaban J connectivity index is 1.55. The van der Waals surface area contributed by atoms with Crippen LogP contribution in [0.4, 0.5) is 5.69 Å². The van der Waals surface area contributed by atoms with E-state index < -0.39 is 0 Å². The van der Waals surface area contributed by atoms with E-state index >= 15 is 0 Å². The summed E-state index contributed by atoms with van der Waals surface area (Å²) in [4.78, 5) is 14.7. The maximum Gasteiger partial charge on any atom is 0.159 e. The Kier molecular flexibility index (Phi) is 4.27.